The Labute approximate surface area is 172 Å². The first-order valence-corrected chi connectivity index (χ1v) is 9.63. The van der Waals surface area contributed by atoms with Crippen LogP contribution in [0.2, 0.25) is 0 Å². The van der Waals surface area contributed by atoms with Crippen molar-refractivity contribution in [2.24, 2.45) is 0 Å². The molecule has 5 nitrogen and oxygen atoms in total. The molecule has 30 heavy (non-hydrogen) atoms. The molecule has 0 spiro atoms. The zero-order chi connectivity index (χ0) is 21.7. The largest absolute Gasteiger partial charge is 0.497 e. The maximum atomic E-state index is 13.1. The smallest absolute Gasteiger partial charge is 0.416 e. The van der Waals surface area contributed by atoms with Crippen molar-refractivity contribution < 1.29 is 27.5 Å². The van der Waals surface area contributed by atoms with E-state index in [0.717, 1.165) is 17.7 Å². The van der Waals surface area contributed by atoms with Crippen LogP contribution in [0.4, 0.5) is 13.2 Å². The maximum absolute atomic E-state index is 13.1. The van der Waals surface area contributed by atoms with Crippen LogP contribution in [0.15, 0.2) is 48.5 Å². The number of amides is 2. The highest BCUT2D eigenvalue weighted by atomic mass is 19.4. The van der Waals surface area contributed by atoms with E-state index in [1.165, 1.54) is 12.1 Å². The van der Waals surface area contributed by atoms with Gasteiger partial charge in [0.2, 0.25) is 11.8 Å². The average Bonchev–Trinajstić information content (AvgIpc) is 3.12. The number of halogens is 3. The number of likely N-dealkylation sites (tertiary alicyclic amines) is 1. The highest BCUT2D eigenvalue weighted by molar-refractivity contribution is 5.80. The van der Waals surface area contributed by atoms with E-state index in [2.05, 4.69) is 5.32 Å². The molecule has 3 rings (SSSR count). The van der Waals surface area contributed by atoms with Crippen molar-refractivity contribution >= 4 is 11.8 Å². The lowest BCUT2D eigenvalue weighted by Crippen LogP contribution is -2.39. The van der Waals surface area contributed by atoms with Crippen LogP contribution in [0, 0.1) is 0 Å². The second-order valence-electron chi connectivity index (χ2n) is 7.21. The molecule has 2 amide bonds. The summed E-state index contributed by atoms with van der Waals surface area (Å²) in [6.45, 7) is 0.664. The standard InChI is InChI=1S/C22H23F3N2O3/c1-30-18-9-7-15(8-10-18)12-20(28)26-19(14-27-11-3-6-21(27)29)16-4-2-5-17(13-16)22(23,24)25/h2,4-5,7-10,13,19H,3,6,11-12,14H2,1H3,(H,26,28). The molecule has 1 N–H and O–H groups in total. The fourth-order valence-corrected chi connectivity index (χ4v) is 3.46. The lowest BCUT2D eigenvalue weighted by atomic mass is 10.0. The van der Waals surface area contributed by atoms with Gasteiger partial charge in [0, 0.05) is 19.5 Å². The Hall–Kier alpha value is -3.03. The minimum Gasteiger partial charge on any atom is -0.497 e. The molecule has 2 aromatic carbocycles. The zero-order valence-electron chi connectivity index (χ0n) is 16.5. The molecule has 0 saturated carbocycles. The van der Waals surface area contributed by atoms with Gasteiger partial charge in [-0.15, -0.1) is 0 Å². The highest BCUT2D eigenvalue weighted by Gasteiger charge is 2.32. The van der Waals surface area contributed by atoms with Gasteiger partial charge in [0.15, 0.2) is 0 Å². The molecule has 8 heteroatoms. The summed E-state index contributed by atoms with van der Waals surface area (Å²) in [5.41, 5.74) is 0.267. The number of nitrogens with one attached hydrogen (secondary N) is 1. The van der Waals surface area contributed by atoms with E-state index in [1.807, 2.05) is 0 Å². The molecule has 1 aliphatic rings. The van der Waals surface area contributed by atoms with Crippen LogP contribution in [0.5, 0.6) is 5.75 Å². The maximum Gasteiger partial charge on any atom is 0.416 e. The third-order valence-corrected chi connectivity index (χ3v) is 5.05. The minimum absolute atomic E-state index is 0.0589. The van der Waals surface area contributed by atoms with Crippen molar-refractivity contribution in [1.82, 2.24) is 10.2 Å². The molecule has 0 aliphatic carbocycles. The fourth-order valence-electron chi connectivity index (χ4n) is 3.46. The molecule has 0 aromatic heterocycles. The number of carbonyl (C=O) groups excluding carboxylic acids is 2. The van der Waals surface area contributed by atoms with Crippen molar-refractivity contribution in [3.05, 3.63) is 65.2 Å². The number of hydrogen-bond donors (Lipinski definition) is 1. The van der Waals surface area contributed by atoms with E-state index in [9.17, 15) is 22.8 Å². The molecule has 160 valence electrons. The van der Waals surface area contributed by atoms with Crippen LogP contribution in [-0.2, 0) is 22.2 Å². The van der Waals surface area contributed by atoms with Gasteiger partial charge in [0.05, 0.1) is 25.1 Å². The van der Waals surface area contributed by atoms with E-state index in [0.29, 0.717) is 30.7 Å². The summed E-state index contributed by atoms with van der Waals surface area (Å²) in [6.07, 6.45) is -3.31. The van der Waals surface area contributed by atoms with Crippen LogP contribution < -0.4 is 10.1 Å². The fraction of sp³-hybridized carbons (Fsp3) is 0.364. The second kappa shape index (κ2) is 9.19. The molecular weight excluding hydrogens is 397 g/mol. The SMILES string of the molecule is COc1ccc(CC(=O)NC(CN2CCCC2=O)c2cccc(C(F)(F)F)c2)cc1. The molecule has 1 heterocycles. The van der Waals surface area contributed by atoms with Gasteiger partial charge in [-0.1, -0.05) is 24.3 Å². The molecule has 1 aliphatic heterocycles. The first-order valence-electron chi connectivity index (χ1n) is 9.63. The summed E-state index contributed by atoms with van der Waals surface area (Å²) in [4.78, 5) is 26.2. The van der Waals surface area contributed by atoms with Gasteiger partial charge in [-0.25, -0.2) is 0 Å². The number of methoxy groups -OCH3 is 1. The average molecular weight is 420 g/mol. The molecule has 2 aromatic rings. The van der Waals surface area contributed by atoms with Gasteiger partial charge >= 0.3 is 6.18 Å². The number of nitrogens with zero attached hydrogens (tertiary/aromatic N) is 1. The normalized spacial score (nSPS) is 15.2. The van der Waals surface area contributed by atoms with Crippen molar-refractivity contribution in [3.8, 4) is 5.75 Å². The molecular formula is C22H23F3N2O3. The lowest BCUT2D eigenvalue weighted by Gasteiger charge is -2.26. The van der Waals surface area contributed by atoms with Crippen LogP contribution >= 0.6 is 0 Å². The van der Waals surface area contributed by atoms with E-state index >= 15 is 0 Å². The zero-order valence-corrected chi connectivity index (χ0v) is 16.5. The Morgan fingerprint density at radius 2 is 1.93 bits per heavy atom. The monoisotopic (exact) mass is 420 g/mol. The molecule has 0 bridgehead atoms. The Balaban J connectivity index is 1.78. The second-order valence-corrected chi connectivity index (χ2v) is 7.21. The minimum atomic E-state index is -4.49. The molecule has 1 fully saturated rings. The summed E-state index contributed by atoms with van der Waals surface area (Å²) in [5, 5.41) is 2.81. The van der Waals surface area contributed by atoms with Gasteiger partial charge in [0.1, 0.15) is 5.75 Å². The third-order valence-electron chi connectivity index (χ3n) is 5.05. The van der Waals surface area contributed by atoms with E-state index < -0.39 is 17.8 Å². The number of rotatable bonds is 7. The summed E-state index contributed by atoms with van der Waals surface area (Å²) >= 11 is 0. The lowest BCUT2D eigenvalue weighted by molar-refractivity contribution is -0.137. The Morgan fingerprint density at radius 3 is 2.53 bits per heavy atom. The van der Waals surface area contributed by atoms with Gasteiger partial charge in [0.25, 0.3) is 0 Å². The first kappa shape index (κ1) is 21.7. The van der Waals surface area contributed by atoms with Crippen LogP contribution in [0.1, 0.15) is 35.6 Å². The van der Waals surface area contributed by atoms with Crippen LogP contribution in [-0.4, -0.2) is 36.9 Å². The van der Waals surface area contributed by atoms with Gasteiger partial charge in [-0.2, -0.15) is 13.2 Å². The predicted molar refractivity (Wildman–Crippen MR) is 105 cm³/mol. The highest BCUT2D eigenvalue weighted by Crippen LogP contribution is 2.31. The topological polar surface area (TPSA) is 58.6 Å². The van der Waals surface area contributed by atoms with Crippen molar-refractivity contribution in [1.29, 1.82) is 0 Å². The third kappa shape index (κ3) is 5.52. The van der Waals surface area contributed by atoms with Gasteiger partial charge in [-0.3, -0.25) is 9.59 Å². The number of alkyl halides is 3. The molecule has 1 unspecified atom stereocenters. The number of hydrogen-bond acceptors (Lipinski definition) is 3. The number of ether oxygens (including phenoxy) is 1. The molecule has 0 radical (unpaired) electrons. The van der Waals surface area contributed by atoms with E-state index in [1.54, 1.807) is 36.3 Å². The Bertz CT molecular complexity index is 897. The quantitative estimate of drug-likeness (QED) is 0.743. The summed E-state index contributed by atoms with van der Waals surface area (Å²) in [5.74, 6) is 0.263. The van der Waals surface area contributed by atoms with Crippen molar-refractivity contribution in [2.45, 2.75) is 31.5 Å². The predicted octanol–water partition coefficient (Wildman–Crippen LogP) is 3.74. The summed E-state index contributed by atoms with van der Waals surface area (Å²) < 4.78 is 44.5. The van der Waals surface area contributed by atoms with E-state index in [4.69, 9.17) is 4.74 Å². The summed E-state index contributed by atoms with van der Waals surface area (Å²) in [6, 6.07) is 11.1. The summed E-state index contributed by atoms with van der Waals surface area (Å²) in [7, 11) is 1.54. The number of carbonyl (C=O) groups is 2. The van der Waals surface area contributed by atoms with Crippen LogP contribution in [0.3, 0.4) is 0 Å². The van der Waals surface area contributed by atoms with Gasteiger partial charge < -0.3 is 15.0 Å². The van der Waals surface area contributed by atoms with E-state index in [-0.39, 0.29) is 24.8 Å². The van der Waals surface area contributed by atoms with Crippen LogP contribution in [0.25, 0.3) is 0 Å². The molecule has 1 atom stereocenters. The number of benzene rings is 2. The first-order chi connectivity index (χ1) is 14.3. The van der Waals surface area contributed by atoms with Gasteiger partial charge in [-0.05, 0) is 41.8 Å². The Kier molecular flexibility index (Phi) is 6.64. The Morgan fingerprint density at radius 1 is 1.20 bits per heavy atom. The molecule has 1 saturated heterocycles. The van der Waals surface area contributed by atoms with Crippen molar-refractivity contribution in [3.63, 3.8) is 0 Å². The van der Waals surface area contributed by atoms with Crippen molar-refractivity contribution in [2.75, 3.05) is 20.2 Å².